The SMILES string of the molecule is C[C@@H]1[C@H](C)[C@H]2C(c3ccc([N+](=O)[O-])cc3)=NO[C@@H]12. The van der Waals surface area contributed by atoms with Crippen LogP contribution in [0.4, 0.5) is 5.69 Å². The van der Waals surface area contributed by atoms with Crippen molar-refractivity contribution < 1.29 is 9.76 Å². The molecule has 1 aliphatic carbocycles. The number of nitro groups is 1. The van der Waals surface area contributed by atoms with Crippen molar-refractivity contribution in [2.45, 2.75) is 20.0 Å². The second-order valence-electron chi connectivity index (χ2n) is 5.09. The molecule has 0 bridgehead atoms. The van der Waals surface area contributed by atoms with Crippen LogP contribution in [0.5, 0.6) is 0 Å². The molecule has 0 radical (unpaired) electrons. The van der Waals surface area contributed by atoms with E-state index in [4.69, 9.17) is 4.84 Å². The fourth-order valence-corrected chi connectivity index (χ4v) is 2.85. The summed E-state index contributed by atoms with van der Waals surface area (Å²) in [5.74, 6) is 1.40. The Bertz CT molecular complexity index is 524. The van der Waals surface area contributed by atoms with Crippen LogP contribution in [-0.4, -0.2) is 16.7 Å². The van der Waals surface area contributed by atoms with Crippen LogP contribution < -0.4 is 0 Å². The Balaban J connectivity index is 1.86. The average Bonchev–Trinajstić information content (AvgIpc) is 2.79. The highest BCUT2D eigenvalue weighted by atomic mass is 16.6. The first kappa shape index (κ1) is 11.2. The van der Waals surface area contributed by atoms with Crippen molar-refractivity contribution in [1.82, 2.24) is 0 Å². The minimum absolute atomic E-state index is 0.102. The Kier molecular flexibility index (Phi) is 2.36. The molecule has 0 amide bonds. The zero-order chi connectivity index (χ0) is 12.9. The van der Waals surface area contributed by atoms with Crippen LogP contribution in [-0.2, 0) is 4.84 Å². The van der Waals surface area contributed by atoms with Crippen molar-refractivity contribution in [3.63, 3.8) is 0 Å². The lowest BCUT2D eigenvalue weighted by molar-refractivity contribution is -0.384. The molecule has 2 aliphatic rings. The third-order valence-electron chi connectivity index (χ3n) is 4.23. The minimum atomic E-state index is -0.395. The average molecular weight is 246 g/mol. The zero-order valence-electron chi connectivity index (χ0n) is 10.2. The molecule has 4 atom stereocenters. The smallest absolute Gasteiger partial charge is 0.269 e. The summed E-state index contributed by atoms with van der Waals surface area (Å²) in [4.78, 5) is 15.6. The van der Waals surface area contributed by atoms with E-state index in [1.54, 1.807) is 12.1 Å². The van der Waals surface area contributed by atoms with Gasteiger partial charge in [-0.3, -0.25) is 10.1 Å². The number of fused-ring (bicyclic) bond motifs is 1. The molecule has 1 aliphatic heterocycles. The van der Waals surface area contributed by atoms with E-state index in [0.717, 1.165) is 11.3 Å². The Morgan fingerprint density at radius 1 is 1.22 bits per heavy atom. The summed E-state index contributed by atoms with van der Waals surface area (Å²) in [6, 6.07) is 6.52. The molecule has 0 saturated heterocycles. The highest BCUT2D eigenvalue weighted by Crippen LogP contribution is 2.47. The van der Waals surface area contributed by atoms with E-state index in [1.807, 2.05) is 0 Å². The summed E-state index contributed by atoms with van der Waals surface area (Å²) in [5.41, 5.74) is 1.96. The normalized spacial score (nSPS) is 33.1. The minimum Gasteiger partial charge on any atom is -0.391 e. The Morgan fingerprint density at radius 2 is 1.89 bits per heavy atom. The second-order valence-corrected chi connectivity index (χ2v) is 5.09. The van der Waals surface area contributed by atoms with Crippen LogP contribution in [0.1, 0.15) is 19.4 Å². The van der Waals surface area contributed by atoms with Crippen molar-refractivity contribution in [3.05, 3.63) is 39.9 Å². The maximum Gasteiger partial charge on any atom is 0.269 e. The summed E-state index contributed by atoms with van der Waals surface area (Å²) in [7, 11) is 0. The van der Waals surface area contributed by atoms with Crippen molar-refractivity contribution in [2.24, 2.45) is 22.9 Å². The summed E-state index contributed by atoms with van der Waals surface area (Å²) in [5, 5.41) is 14.8. The van der Waals surface area contributed by atoms with Crippen LogP contribution in [0.15, 0.2) is 29.4 Å². The van der Waals surface area contributed by atoms with Gasteiger partial charge in [0, 0.05) is 23.6 Å². The van der Waals surface area contributed by atoms with Gasteiger partial charge in [0.05, 0.1) is 10.6 Å². The number of benzene rings is 1. The zero-order valence-corrected chi connectivity index (χ0v) is 10.2. The van der Waals surface area contributed by atoms with Crippen molar-refractivity contribution in [2.75, 3.05) is 0 Å². The monoisotopic (exact) mass is 246 g/mol. The number of oxime groups is 1. The first-order chi connectivity index (χ1) is 8.59. The van der Waals surface area contributed by atoms with Gasteiger partial charge in [-0.05, 0) is 24.0 Å². The van der Waals surface area contributed by atoms with Gasteiger partial charge in [0.2, 0.25) is 0 Å². The van der Waals surface area contributed by atoms with E-state index in [0.29, 0.717) is 17.8 Å². The van der Waals surface area contributed by atoms with Crippen LogP contribution in [0.25, 0.3) is 0 Å². The largest absolute Gasteiger partial charge is 0.391 e. The Labute approximate surface area is 105 Å². The topological polar surface area (TPSA) is 64.7 Å². The van der Waals surface area contributed by atoms with Crippen LogP contribution in [0.3, 0.4) is 0 Å². The molecule has 1 fully saturated rings. The lowest BCUT2D eigenvalue weighted by atomic mass is 9.62. The van der Waals surface area contributed by atoms with Gasteiger partial charge in [0.15, 0.2) is 0 Å². The second kappa shape index (κ2) is 3.80. The Morgan fingerprint density at radius 3 is 2.50 bits per heavy atom. The number of nitro benzene ring substituents is 1. The Hall–Kier alpha value is -1.91. The standard InChI is InChI=1S/C13H14N2O3/c1-7-8(2)13-11(7)12(14-18-13)9-3-5-10(6-4-9)15(16)17/h3-8,11,13H,1-2H3/t7-,8+,11-,13-/m0/s1. The molecule has 18 heavy (non-hydrogen) atoms. The highest BCUT2D eigenvalue weighted by molar-refractivity contribution is 6.04. The van der Waals surface area contributed by atoms with Crippen LogP contribution in [0, 0.1) is 27.9 Å². The number of hydrogen-bond acceptors (Lipinski definition) is 4. The van der Waals surface area contributed by atoms with E-state index >= 15 is 0 Å². The molecule has 5 nitrogen and oxygen atoms in total. The van der Waals surface area contributed by atoms with Gasteiger partial charge < -0.3 is 4.84 Å². The summed E-state index contributed by atoms with van der Waals surface area (Å²) in [6.45, 7) is 4.36. The molecular weight excluding hydrogens is 232 g/mol. The molecule has 5 heteroatoms. The van der Waals surface area contributed by atoms with E-state index in [-0.39, 0.29) is 11.8 Å². The molecule has 0 N–H and O–H groups in total. The fourth-order valence-electron chi connectivity index (χ4n) is 2.85. The van der Waals surface area contributed by atoms with Gasteiger partial charge >= 0.3 is 0 Å². The van der Waals surface area contributed by atoms with Crippen molar-refractivity contribution in [3.8, 4) is 0 Å². The molecule has 0 unspecified atom stereocenters. The summed E-state index contributed by atoms with van der Waals surface area (Å²) >= 11 is 0. The number of rotatable bonds is 2. The van der Waals surface area contributed by atoms with Gasteiger partial charge in [-0.1, -0.05) is 19.0 Å². The third kappa shape index (κ3) is 1.43. The predicted octanol–water partition coefficient (Wildman–Crippen LogP) is 2.60. The first-order valence-electron chi connectivity index (χ1n) is 6.08. The summed E-state index contributed by atoms with van der Waals surface area (Å²) < 4.78 is 0. The first-order valence-corrected chi connectivity index (χ1v) is 6.08. The molecule has 1 aromatic rings. The van der Waals surface area contributed by atoms with Crippen molar-refractivity contribution >= 4 is 11.4 Å². The molecule has 3 rings (SSSR count). The van der Waals surface area contributed by atoms with Gasteiger partial charge in [0.25, 0.3) is 5.69 Å². The molecular formula is C13H14N2O3. The van der Waals surface area contributed by atoms with E-state index in [9.17, 15) is 10.1 Å². The molecule has 94 valence electrons. The third-order valence-corrected chi connectivity index (χ3v) is 4.23. The molecule has 1 saturated carbocycles. The lowest BCUT2D eigenvalue weighted by Crippen LogP contribution is -2.49. The lowest BCUT2D eigenvalue weighted by Gasteiger charge is -2.42. The number of nitrogens with zero attached hydrogens (tertiary/aromatic N) is 2. The fraction of sp³-hybridized carbons (Fsp3) is 0.462. The highest BCUT2D eigenvalue weighted by Gasteiger charge is 2.53. The number of non-ortho nitro benzene ring substituents is 1. The molecule has 0 spiro atoms. The quantitative estimate of drug-likeness (QED) is 0.595. The van der Waals surface area contributed by atoms with Crippen LogP contribution in [0.2, 0.25) is 0 Å². The van der Waals surface area contributed by atoms with Crippen LogP contribution >= 0.6 is 0 Å². The molecule has 1 aromatic carbocycles. The van der Waals surface area contributed by atoms with Gasteiger partial charge in [0.1, 0.15) is 6.10 Å². The number of hydrogen-bond donors (Lipinski definition) is 0. The van der Waals surface area contributed by atoms with E-state index < -0.39 is 4.92 Å². The van der Waals surface area contributed by atoms with E-state index in [2.05, 4.69) is 19.0 Å². The van der Waals surface area contributed by atoms with E-state index in [1.165, 1.54) is 12.1 Å². The van der Waals surface area contributed by atoms with Crippen molar-refractivity contribution in [1.29, 1.82) is 0 Å². The molecule has 1 heterocycles. The van der Waals surface area contributed by atoms with Gasteiger partial charge in [-0.15, -0.1) is 0 Å². The summed E-state index contributed by atoms with van der Waals surface area (Å²) in [6.07, 6.45) is 0.185. The maximum atomic E-state index is 10.6. The van der Waals surface area contributed by atoms with Gasteiger partial charge in [-0.2, -0.15) is 0 Å². The maximum absolute atomic E-state index is 10.6. The predicted molar refractivity (Wildman–Crippen MR) is 66.3 cm³/mol. The molecule has 0 aromatic heterocycles. The van der Waals surface area contributed by atoms with Gasteiger partial charge in [-0.25, -0.2) is 0 Å².